The smallest absolute Gasteiger partial charge is 0.222 e. The van der Waals surface area contributed by atoms with Crippen LogP contribution in [0.5, 0.6) is 0 Å². The Morgan fingerprint density at radius 1 is 1.48 bits per heavy atom. The maximum Gasteiger partial charge on any atom is 0.222 e. The number of rotatable bonds is 6. The highest BCUT2D eigenvalue weighted by atomic mass is 32.1. The fourth-order valence-electron chi connectivity index (χ4n) is 3.39. The molecular weight excluding hydrogens is 306 g/mol. The Balaban J connectivity index is 1.52. The van der Waals surface area contributed by atoms with Gasteiger partial charge in [-0.15, -0.1) is 11.3 Å². The van der Waals surface area contributed by atoms with Crippen LogP contribution in [0.2, 0.25) is 0 Å². The molecule has 1 fully saturated rings. The Morgan fingerprint density at radius 3 is 3.17 bits per heavy atom. The van der Waals surface area contributed by atoms with E-state index < -0.39 is 0 Å². The Hall–Kier alpha value is -1.62. The average Bonchev–Trinajstić information content (AvgIpc) is 3.26. The molecule has 1 unspecified atom stereocenters. The monoisotopic (exact) mass is 331 g/mol. The van der Waals surface area contributed by atoms with E-state index in [2.05, 4.69) is 45.1 Å². The summed E-state index contributed by atoms with van der Waals surface area (Å²) >= 11 is 1.78. The van der Waals surface area contributed by atoms with Gasteiger partial charge in [0.2, 0.25) is 5.91 Å². The second-order valence-corrected chi connectivity index (χ2v) is 7.21. The minimum absolute atomic E-state index is 0.310. The summed E-state index contributed by atoms with van der Waals surface area (Å²) in [5.74, 6) is 1.44. The Labute approximate surface area is 142 Å². The Bertz CT molecular complexity index is 620. The van der Waals surface area contributed by atoms with Gasteiger partial charge < -0.3 is 9.47 Å². The molecule has 0 aromatic carbocycles. The standard InChI is InChI=1S/C18H25N3OS/c1-2-17-19-10-12-21(17)15-6-4-11-20(14-15)18(22)9-3-7-16-8-5-13-23-16/h5,8,10,12-13,15H,2-4,6-7,9,11,14H2,1H3. The molecule has 0 radical (unpaired) electrons. The van der Waals surface area contributed by atoms with E-state index in [0.717, 1.165) is 51.0 Å². The highest BCUT2D eigenvalue weighted by Gasteiger charge is 2.25. The van der Waals surface area contributed by atoms with E-state index in [0.29, 0.717) is 18.4 Å². The number of carbonyl (C=O) groups is 1. The lowest BCUT2D eigenvalue weighted by atomic mass is 10.0. The van der Waals surface area contributed by atoms with Gasteiger partial charge in [0, 0.05) is 43.2 Å². The topological polar surface area (TPSA) is 38.1 Å². The van der Waals surface area contributed by atoms with Crippen molar-refractivity contribution in [3.05, 3.63) is 40.6 Å². The van der Waals surface area contributed by atoms with Crippen LogP contribution in [0.3, 0.4) is 0 Å². The third-order valence-electron chi connectivity index (χ3n) is 4.60. The second kappa shape index (κ2) is 7.77. The van der Waals surface area contributed by atoms with Crippen molar-refractivity contribution in [1.29, 1.82) is 0 Å². The summed E-state index contributed by atoms with van der Waals surface area (Å²) in [6.45, 7) is 3.88. The number of aromatic nitrogens is 2. The third kappa shape index (κ3) is 4.02. The summed E-state index contributed by atoms with van der Waals surface area (Å²) in [5.41, 5.74) is 0. The van der Waals surface area contributed by atoms with Crippen molar-refractivity contribution in [1.82, 2.24) is 14.5 Å². The zero-order chi connectivity index (χ0) is 16.1. The largest absolute Gasteiger partial charge is 0.341 e. The van der Waals surface area contributed by atoms with Crippen molar-refractivity contribution in [2.24, 2.45) is 0 Å². The van der Waals surface area contributed by atoms with Gasteiger partial charge in [-0.05, 0) is 37.1 Å². The van der Waals surface area contributed by atoms with Crippen LogP contribution >= 0.6 is 11.3 Å². The zero-order valence-electron chi connectivity index (χ0n) is 13.8. The van der Waals surface area contributed by atoms with Crippen LogP contribution in [0.1, 0.15) is 49.4 Å². The first kappa shape index (κ1) is 16.2. The minimum atomic E-state index is 0.310. The van der Waals surface area contributed by atoms with E-state index in [4.69, 9.17) is 0 Å². The number of imidazole rings is 1. The van der Waals surface area contributed by atoms with Crippen LogP contribution in [0.25, 0.3) is 0 Å². The molecule has 0 spiro atoms. The van der Waals surface area contributed by atoms with Crippen LogP contribution in [0.4, 0.5) is 0 Å². The van der Waals surface area contributed by atoms with Crippen molar-refractivity contribution in [3.63, 3.8) is 0 Å². The summed E-state index contributed by atoms with van der Waals surface area (Å²) in [6.07, 6.45) is 9.74. The fraction of sp³-hybridized carbons (Fsp3) is 0.556. The molecule has 1 saturated heterocycles. The molecule has 5 heteroatoms. The first-order chi connectivity index (χ1) is 11.3. The molecule has 124 valence electrons. The lowest BCUT2D eigenvalue weighted by Crippen LogP contribution is -2.40. The first-order valence-corrected chi connectivity index (χ1v) is 9.47. The molecule has 1 amide bonds. The molecule has 4 nitrogen and oxygen atoms in total. The molecule has 2 aromatic heterocycles. The van der Waals surface area contributed by atoms with E-state index in [1.54, 1.807) is 11.3 Å². The predicted molar refractivity (Wildman–Crippen MR) is 93.7 cm³/mol. The van der Waals surface area contributed by atoms with Gasteiger partial charge in [0.05, 0.1) is 6.04 Å². The van der Waals surface area contributed by atoms with Crippen LogP contribution in [0.15, 0.2) is 29.9 Å². The quantitative estimate of drug-likeness (QED) is 0.809. The van der Waals surface area contributed by atoms with Crippen LogP contribution in [0, 0.1) is 0 Å². The lowest BCUT2D eigenvalue weighted by molar-refractivity contribution is -0.132. The number of carbonyl (C=O) groups excluding carboxylic acids is 1. The maximum atomic E-state index is 12.5. The normalized spacial score (nSPS) is 18.3. The van der Waals surface area contributed by atoms with Gasteiger partial charge in [-0.3, -0.25) is 4.79 Å². The first-order valence-electron chi connectivity index (χ1n) is 8.59. The van der Waals surface area contributed by atoms with E-state index in [9.17, 15) is 4.79 Å². The van der Waals surface area contributed by atoms with Gasteiger partial charge in [0.25, 0.3) is 0 Å². The summed E-state index contributed by atoms with van der Waals surface area (Å²) in [4.78, 5) is 20.4. The molecule has 1 aliphatic heterocycles. The van der Waals surface area contributed by atoms with Crippen molar-refractivity contribution in [2.45, 2.75) is 51.5 Å². The van der Waals surface area contributed by atoms with E-state index in [1.807, 2.05) is 6.20 Å². The van der Waals surface area contributed by atoms with Crippen molar-refractivity contribution in [3.8, 4) is 0 Å². The fourth-order valence-corrected chi connectivity index (χ4v) is 4.14. The summed E-state index contributed by atoms with van der Waals surface area (Å²) < 4.78 is 2.27. The summed E-state index contributed by atoms with van der Waals surface area (Å²) in [7, 11) is 0. The zero-order valence-corrected chi connectivity index (χ0v) is 14.6. The number of aryl methyl sites for hydroxylation is 2. The molecule has 23 heavy (non-hydrogen) atoms. The molecule has 1 atom stereocenters. The number of nitrogens with zero attached hydrogens (tertiary/aromatic N) is 3. The van der Waals surface area contributed by atoms with E-state index in [-0.39, 0.29) is 0 Å². The number of amides is 1. The lowest BCUT2D eigenvalue weighted by Gasteiger charge is -2.34. The summed E-state index contributed by atoms with van der Waals surface area (Å²) in [5, 5.41) is 2.10. The number of hydrogen-bond donors (Lipinski definition) is 0. The maximum absolute atomic E-state index is 12.5. The van der Waals surface area contributed by atoms with Crippen molar-refractivity contribution in [2.75, 3.05) is 13.1 Å². The van der Waals surface area contributed by atoms with Gasteiger partial charge in [-0.1, -0.05) is 13.0 Å². The number of hydrogen-bond acceptors (Lipinski definition) is 3. The molecule has 0 bridgehead atoms. The second-order valence-electron chi connectivity index (χ2n) is 6.17. The third-order valence-corrected chi connectivity index (χ3v) is 5.54. The predicted octanol–water partition coefficient (Wildman–Crippen LogP) is 3.69. The Morgan fingerprint density at radius 2 is 2.39 bits per heavy atom. The van der Waals surface area contributed by atoms with Crippen LogP contribution in [-0.2, 0) is 17.6 Å². The van der Waals surface area contributed by atoms with Gasteiger partial charge >= 0.3 is 0 Å². The average molecular weight is 331 g/mol. The highest BCUT2D eigenvalue weighted by molar-refractivity contribution is 7.09. The molecule has 0 N–H and O–H groups in total. The minimum Gasteiger partial charge on any atom is -0.341 e. The summed E-state index contributed by atoms with van der Waals surface area (Å²) in [6, 6.07) is 4.62. The molecule has 3 rings (SSSR count). The van der Waals surface area contributed by atoms with Gasteiger partial charge in [-0.2, -0.15) is 0 Å². The molecular formula is C18H25N3OS. The van der Waals surface area contributed by atoms with E-state index in [1.165, 1.54) is 4.88 Å². The van der Waals surface area contributed by atoms with Crippen molar-refractivity contribution < 1.29 is 4.79 Å². The number of piperidine rings is 1. The highest BCUT2D eigenvalue weighted by Crippen LogP contribution is 2.24. The van der Waals surface area contributed by atoms with Gasteiger partial charge in [-0.25, -0.2) is 4.98 Å². The van der Waals surface area contributed by atoms with E-state index >= 15 is 0 Å². The van der Waals surface area contributed by atoms with Crippen molar-refractivity contribution >= 4 is 17.2 Å². The molecule has 3 heterocycles. The Kier molecular flexibility index (Phi) is 5.49. The molecule has 0 saturated carbocycles. The van der Waals surface area contributed by atoms with Crippen LogP contribution < -0.4 is 0 Å². The number of likely N-dealkylation sites (tertiary alicyclic amines) is 1. The number of thiophene rings is 1. The van der Waals surface area contributed by atoms with Gasteiger partial charge in [0.15, 0.2) is 0 Å². The van der Waals surface area contributed by atoms with Crippen LogP contribution in [-0.4, -0.2) is 33.4 Å². The SMILES string of the molecule is CCc1nccn1C1CCCN(C(=O)CCCc2cccs2)C1. The molecule has 1 aliphatic rings. The van der Waals surface area contributed by atoms with Gasteiger partial charge in [0.1, 0.15) is 5.82 Å². The molecule has 0 aliphatic carbocycles. The molecule has 2 aromatic rings.